The molecule has 2 aromatic heterocycles. The normalized spacial score (nSPS) is 18.6. The number of alkyl halides is 3. The van der Waals surface area contributed by atoms with Gasteiger partial charge in [0.15, 0.2) is 0 Å². The van der Waals surface area contributed by atoms with Crippen LogP contribution in [0.4, 0.5) is 19.0 Å². The molecule has 5 nitrogen and oxygen atoms in total. The second kappa shape index (κ2) is 7.31. The number of piperazine rings is 1. The Morgan fingerprint density at radius 2 is 1.85 bits per heavy atom. The maximum absolute atomic E-state index is 12.8. The highest BCUT2D eigenvalue weighted by atomic mass is 35.5. The molecule has 27 heavy (non-hydrogen) atoms. The first-order chi connectivity index (χ1) is 12.9. The van der Waals surface area contributed by atoms with E-state index in [9.17, 15) is 13.2 Å². The van der Waals surface area contributed by atoms with Crippen molar-refractivity contribution in [2.75, 3.05) is 31.1 Å². The summed E-state index contributed by atoms with van der Waals surface area (Å²) in [6.45, 7) is 3.57. The molecule has 0 spiro atoms. The largest absolute Gasteiger partial charge is 0.417 e. The highest BCUT2D eigenvalue weighted by Crippen LogP contribution is 2.34. The summed E-state index contributed by atoms with van der Waals surface area (Å²) in [5, 5.41) is 4.28. The van der Waals surface area contributed by atoms with Gasteiger partial charge in [0, 0.05) is 50.9 Å². The number of hydrogen-bond donors (Lipinski definition) is 0. The number of halogens is 4. The van der Waals surface area contributed by atoms with Gasteiger partial charge in [0.25, 0.3) is 0 Å². The molecule has 1 aliphatic carbocycles. The number of aryl methyl sites for hydroxylation is 1. The highest BCUT2D eigenvalue weighted by molar-refractivity contribution is 6.33. The molecule has 0 N–H and O–H groups in total. The Labute approximate surface area is 160 Å². The van der Waals surface area contributed by atoms with Crippen LogP contribution in [0, 0.1) is 0 Å². The van der Waals surface area contributed by atoms with E-state index >= 15 is 0 Å². The molecule has 146 valence electrons. The minimum atomic E-state index is -4.44. The van der Waals surface area contributed by atoms with E-state index in [4.69, 9.17) is 16.1 Å². The lowest BCUT2D eigenvalue weighted by atomic mass is 9.96. The molecule has 4 rings (SSSR count). The molecular weight excluding hydrogens is 381 g/mol. The van der Waals surface area contributed by atoms with Crippen molar-refractivity contribution in [3.8, 4) is 0 Å². The maximum Gasteiger partial charge on any atom is 0.417 e. The molecule has 0 amide bonds. The third-order valence-electron chi connectivity index (χ3n) is 5.23. The number of hydrogen-bond acceptors (Lipinski definition) is 5. The molecule has 3 heterocycles. The van der Waals surface area contributed by atoms with E-state index in [2.05, 4.69) is 15.0 Å². The number of aromatic nitrogens is 2. The van der Waals surface area contributed by atoms with Gasteiger partial charge in [0.2, 0.25) is 0 Å². The summed E-state index contributed by atoms with van der Waals surface area (Å²) in [7, 11) is 0. The zero-order chi connectivity index (χ0) is 19.0. The van der Waals surface area contributed by atoms with Gasteiger partial charge in [0.05, 0.1) is 10.6 Å². The Kier molecular flexibility index (Phi) is 5.03. The minimum absolute atomic E-state index is 0.0313. The molecule has 0 atom stereocenters. The van der Waals surface area contributed by atoms with E-state index < -0.39 is 11.7 Å². The van der Waals surface area contributed by atoms with Crippen molar-refractivity contribution in [3.63, 3.8) is 0 Å². The van der Waals surface area contributed by atoms with Crippen molar-refractivity contribution >= 4 is 17.4 Å². The van der Waals surface area contributed by atoms with Gasteiger partial charge < -0.3 is 9.42 Å². The van der Waals surface area contributed by atoms with E-state index in [1.54, 1.807) is 0 Å². The highest BCUT2D eigenvalue weighted by Gasteiger charge is 2.32. The Morgan fingerprint density at radius 1 is 1.11 bits per heavy atom. The fourth-order valence-electron chi connectivity index (χ4n) is 3.72. The van der Waals surface area contributed by atoms with Gasteiger partial charge in [-0.15, -0.1) is 0 Å². The van der Waals surface area contributed by atoms with E-state index in [1.165, 1.54) is 12.0 Å². The molecule has 1 aliphatic heterocycles. The molecular formula is C18H20ClF3N4O. The predicted molar refractivity (Wildman–Crippen MR) is 94.9 cm³/mol. The standard InChI is InChI=1S/C18H20ClF3N4O/c19-14-9-12(18(20,21)22)10-23-17(14)26-7-5-25(6-8-26)11-15-13-3-1-2-4-16(13)27-24-15/h9-10H,1-8,11H2. The molecule has 0 unspecified atom stereocenters. The van der Waals surface area contributed by atoms with Crippen LogP contribution in [0.25, 0.3) is 0 Å². The number of nitrogens with zero attached hydrogens (tertiary/aromatic N) is 4. The summed E-state index contributed by atoms with van der Waals surface area (Å²) < 4.78 is 43.7. The van der Waals surface area contributed by atoms with Crippen LogP contribution in [0.1, 0.15) is 35.4 Å². The van der Waals surface area contributed by atoms with Gasteiger partial charge >= 0.3 is 6.18 Å². The van der Waals surface area contributed by atoms with Crippen molar-refractivity contribution < 1.29 is 17.7 Å². The molecule has 9 heteroatoms. The van der Waals surface area contributed by atoms with Crippen molar-refractivity contribution in [3.05, 3.63) is 39.9 Å². The number of pyridine rings is 1. The Bertz CT molecular complexity index is 815. The molecule has 2 aromatic rings. The Hall–Kier alpha value is -1.80. The fourth-order valence-corrected chi connectivity index (χ4v) is 4.01. The lowest BCUT2D eigenvalue weighted by Crippen LogP contribution is -2.46. The van der Waals surface area contributed by atoms with Crippen LogP contribution in [0.2, 0.25) is 5.02 Å². The smallest absolute Gasteiger partial charge is 0.361 e. The van der Waals surface area contributed by atoms with Crippen LogP contribution < -0.4 is 4.90 Å². The topological polar surface area (TPSA) is 45.4 Å². The van der Waals surface area contributed by atoms with Crippen LogP contribution >= 0.6 is 11.6 Å². The number of rotatable bonds is 3. The molecule has 0 aromatic carbocycles. The van der Waals surface area contributed by atoms with Crippen molar-refractivity contribution in [1.29, 1.82) is 0 Å². The second-order valence-corrected chi connectivity index (χ2v) is 7.44. The minimum Gasteiger partial charge on any atom is -0.361 e. The van der Waals surface area contributed by atoms with Gasteiger partial charge in [-0.2, -0.15) is 13.2 Å². The lowest BCUT2D eigenvalue weighted by molar-refractivity contribution is -0.137. The average molecular weight is 401 g/mol. The Balaban J connectivity index is 1.39. The third kappa shape index (κ3) is 3.91. The molecule has 0 radical (unpaired) electrons. The molecule has 1 fully saturated rings. The van der Waals surface area contributed by atoms with Crippen LogP contribution in [0.5, 0.6) is 0 Å². The first kappa shape index (κ1) is 18.6. The fraction of sp³-hybridized carbons (Fsp3) is 0.556. The molecule has 1 saturated heterocycles. The van der Waals surface area contributed by atoms with Crippen LogP contribution in [-0.2, 0) is 25.6 Å². The van der Waals surface area contributed by atoms with E-state index in [-0.39, 0.29) is 5.02 Å². The van der Waals surface area contributed by atoms with Crippen LogP contribution in [0.3, 0.4) is 0 Å². The summed E-state index contributed by atoms with van der Waals surface area (Å²) in [6.07, 6.45) is 0.724. The number of anilines is 1. The van der Waals surface area contributed by atoms with Crippen LogP contribution in [0.15, 0.2) is 16.8 Å². The van der Waals surface area contributed by atoms with Gasteiger partial charge in [-0.1, -0.05) is 16.8 Å². The van der Waals surface area contributed by atoms with E-state index in [0.29, 0.717) is 18.9 Å². The molecule has 0 bridgehead atoms. The molecule has 0 saturated carbocycles. The first-order valence-corrected chi connectivity index (χ1v) is 9.46. The zero-order valence-corrected chi connectivity index (χ0v) is 15.5. The lowest BCUT2D eigenvalue weighted by Gasteiger charge is -2.35. The van der Waals surface area contributed by atoms with Gasteiger partial charge in [-0.3, -0.25) is 4.90 Å². The quantitative estimate of drug-likeness (QED) is 0.780. The average Bonchev–Trinajstić information content (AvgIpc) is 3.05. The summed E-state index contributed by atoms with van der Waals surface area (Å²) in [4.78, 5) is 8.16. The third-order valence-corrected chi connectivity index (χ3v) is 5.50. The van der Waals surface area contributed by atoms with Gasteiger partial charge in [-0.25, -0.2) is 4.98 Å². The van der Waals surface area contributed by atoms with Crippen molar-refractivity contribution in [2.45, 2.75) is 38.4 Å². The second-order valence-electron chi connectivity index (χ2n) is 7.03. The Morgan fingerprint density at radius 3 is 2.56 bits per heavy atom. The van der Waals surface area contributed by atoms with E-state index in [1.807, 2.05) is 4.90 Å². The summed E-state index contributed by atoms with van der Waals surface area (Å²) in [5.41, 5.74) is 1.45. The monoisotopic (exact) mass is 400 g/mol. The van der Waals surface area contributed by atoms with Gasteiger partial charge in [-0.05, 0) is 25.3 Å². The van der Waals surface area contributed by atoms with Crippen LogP contribution in [-0.4, -0.2) is 41.2 Å². The predicted octanol–water partition coefficient (Wildman–Crippen LogP) is 3.94. The maximum atomic E-state index is 12.8. The van der Waals surface area contributed by atoms with Gasteiger partial charge in [0.1, 0.15) is 17.3 Å². The summed E-state index contributed by atoms with van der Waals surface area (Å²) in [5.74, 6) is 1.43. The van der Waals surface area contributed by atoms with Crippen molar-refractivity contribution in [2.24, 2.45) is 0 Å². The van der Waals surface area contributed by atoms with Crippen molar-refractivity contribution in [1.82, 2.24) is 15.0 Å². The zero-order valence-electron chi connectivity index (χ0n) is 14.7. The SMILES string of the molecule is FC(F)(F)c1cnc(N2CCN(Cc3noc4c3CCCC4)CC2)c(Cl)c1. The summed E-state index contributed by atoms with van der Waals surface area (Å²) in [6, 6.07) is 0.942. The first-order valence-electron chi connectivity index (χ1n) is 9.08. The van der Waals surface area contributed by atoms with E-state index in [0.717, 1.165) is 62.6 Å². The molecule has 2 aliphatic rings. The summed E-state index contributed by atoms with van der Waals surface area (Å²) >= 11 is 6.06. The number of fused-ring (bicyclic) bond motifs is 1.